The highest BCUT2D eigenvalue weighted by molar-refractivity contribution is 5.26. The van der Waals surface area contributed by atoms with Gasteiger partial charge in [-0.1, -0.05) is 48.5 Å². The van der Waals surface area contributed by atoms with Crippen molar-refractivity contribution in [1.82, 2.24) is 0 Å². The highest BCUT2D eigenvalue weighted by atomic mass is 17.2. The zero-order valence-electron chi connectivity index (χ0n) is 13.7. The summed E-state index contributed by atoms with van der Waals surface area (Å²) in [6, 6.07) is 17.0. The first-order valence-electron chi connectivity index (χ1n) is 8.11. The highest BCUT2D eigenvalue weighted by Crippen LogP contribution is 2.10. The molecule has 0 atom stereocenters. The fraction of sp³-hybridized carbons (Fsp3) is 0.400. The number of hydrogen-bond donors (Lipinski definition) is 0. The molecule has 2 nitrogen and oxygen atoms in total. The van der Waals surface area contributed by atoms with Crippen molar-refractivity contribution in [3.05, 3.63) is 70.8 Å². The van der Waals surface area contributed by atoms with Gasteiger partial charge in [0.1, 0.15) is 0 Å². The van der Waals surface area contributed by atoms with E-state index in [1.54, 1.807) is 0 Å². The Kier molecular flexibility index (Phi) is 7.14. The van der Waals surface area contributed by atoms with Crippen LogP contribution >= 0.6 is 0 Å². The summed E-state index contributed by atoms with van der Waals surface area (Å²) in [6.07, 6.45) is 4.06. The molecule has 0 heterocycles. The molecule has 0 saturated heterocycles. The summed E-state index contributed by atoms with van der Waals surface area (Å²) in [6.45, 7) is 5.61. The van der Waals surface area contributed by atoms with E-state index in [2.05, 4.69) is 62.4 Å². The zero-order chi connectivity index (χ0) is 15.6. The van der Waals surface area contributed by atoms with E-state index in [1.807, 2.05) is 0 Å². The van der Waals surface area contributed by atoms with Crippen molar-refractivity contribution >= 4 is 0 Å². The van der Waals surface area contributed by atoms with E-state index in [4.69, 9.17) is 9.78 Å². The van der Waals surface area contributed by atoms with Crippen molar-refractivity contribution in [2.45, 2.75) is 39.5 Å². The third kappa shape index (κ3) is 5.63. The number of benzene rings is 2. The summed E-state index contributed by atoms with van der Waals surface area (Å²) in [5.74, 6) is 0. The largest absolute Gasteiger partial charge is 0.237 e. The summed E-state index contributed by atoms with van der Waals surface area (Å²) in [4.78, 5) is 10.5. The van der Waals surface area contributed by atoms with E-state index in [1.165, 1.54) is 22.3 Å². The van der Waals surface area contributed by atoms with Gasteiger partial charge in [0, 0.05) is 0 Å². The first kappa shape index (κ1) is 16.7. The van der Waals surface area contributed by atoms with Crippen LogP contribution in [0, 0.1) is 13.8 Å². The molecule has 0 radical (unpaired) electrons. The predicted molar refractivity (Wildman–Crippen MR) is 90.9 cm³/mol. The lowest BCUT2D eigenvalue weighted by Crippen LogP contribution is -2.02. The van der Waals surface area contributed by atoms with Gasteiger partial charge >= 0.3 is 0 Å². The maximum atomic E-state index is 5.26. The van der Waals surface area contributed by atoms with Crippen molar-refractivity contribution < 1.29 is 9.78 Å². The molecule has 0 N–H and O–H groups in total. The topological polar surface area (TPSA) is 18.5 Å². The van der Waals surface area contributed by atoms with E-state index >= 15 is 0 Å². The Hall–Kier alpha value is -1.64. The van der Waals surface area contributed by atoms with Crippen LogP contribution in [0.15, 0.2) is 48.5 Å². The Morgan fingerprint density at radius 1 is 0.636 bits per heavy atom. The third-order valence-corrected chi connectivity index (χ3v) is 3.95. The zero-order valence-corrected chi connectivity index (χ0v) is 13.7. The van der Waals surface area contributed by atoms with E-state index in [0.717, 1.165) is 25.7 Å². The highest BCUT2D eigenvalue weighted by Gasteiger charge is 1.99. The second-order valence-electron chi connectivity index (χ2n) is 5.70. The number of hydrogen-bond acceptors (Lipinski definition) is 2. The molecular weight excluding hydrogens is 272 g/mol. The molecule has 0 bridgehead atoms. The van der Waals surface area contributed by atoms with Crippen LogP contribution in [0.3, 0.4) is 0 Å². The summed E-state index contributed by atoms with van der Waals surface area (Å²) in [5.41, 5.74) is 5.49. The van der Waals surface area contributed by atoms with Gasteiger partial charge in [0.2, 0.25) is 0 Å². The van der Waals surface area contributed by atoms with E-state index in [9.17, 15) is 0 Å². The molecule has 2 aromatic rings. The smallest absolute Gasteiger partial charge is 0.0825 e. The van der Waals surface area contributed by atoms with Crippen molar-refractivity contribution in [2.75, 3.05) is 13.2 Å². The molecule has 0 aliphatic rings. The minimum absolute atomic E-state index is 0.651. The predicted octanol–water partition coefficient (Wildman–Crippen LogP) is 4.82. The van der Waals surface area contributed by atoms with Crippen LogP contribution in [0.4, 0.5) is 0 Å². The number of aryl methyl sites for hydroxylation is 4. The van der Waals surface area contributed by atoms with Crippen molar-refractivity contribution in [2.24, 2.45) is 0 Å². The molecule has 22 heavy (non-hydrogen) atoms. The average molecular weight is 298 g/mol. The lowest BCUT2D eigenvalue weighted by atomic mass is 10.0. The first-order valence-corrected chi connectivity index (χ1v) is 8.11. The van der Waals surface area contributed by atoms with Crippen molar-refractivity contribution in [1.29, 1.82) is 0 Å². The van der Waals surface area contributed by atoms with Crippen LogP contribution in [0.2, 0.25) is 0 Å². The molecule has 0 spiro atoms. The van der Waals surface area contributed by atoms with Crippen LogP contribution in [-0.4, -0.2) is 13.2 Å². The molecule has 0 amide bonds. The van der Waals surface area contributed by atoms with Crippen LogP contribution in [0.25, 0.3) is 0 Å². The Labute approximate surface area is 134 Å². The van der Waals surface area contributed by atoms with Crippen molar-refractivity contribution in [3.63, 3.8) is 0 Å². The molecule has 0 saturated carbocycles. The Morgan fingerprint density at radius 2 is 1.05 bits per heavy atom. The van der Waals surface area contributed by atoms with Crippen LogP contribution in [-0.2, 0) is 22.6 Å². The van der Waals surface area contributed by atoms with Crippen molar-refractivity contribution in [3.8, 4) is 0 Å². The molecule has 118 valence electrons. The summed E-state index contributed by atoms with van der Waals surface area (Å²) in [7, 11) is 0. The average Bonchev–Trinajstić information content (AvgIpc) is 2.53. The van der Waals surface area contributed by atoms with E-state index in [-0.39, 0.29) is 0 Å². The molecule has 0 aliphatic heterocycles. The molecule has 2 heteroatoms. The minimum atomic E-state index is 0.651. The van der Waals surface area contributed by atoms with Gasteiger partial charge < -0.3 is 0 Å². The Morgan fingerprint density at radius 3 is 1.45 bits per heavy atom. The molecule has 2 rings (SSSR count). The molecule has 0 aromatic heterocycles. The van der Waals surface area contributed by atoms with Crippen LogP contribution in [0.5, 0.6) is 0 Å². The fourth-order valence-corrected chi connectivity index (χ4v) is 2.54. The SMILES string of the molecule is Cc1ccccc1CCCOOCCCc1ccccc1C. The standard InChI is InChI=1S/C20H26O2/c1-17-9-3-5-11-19(17)13-7-15-21-22-16-8-14-20-12-6-4-10-18(20)2/h3-6,9-12H,7-8,13-16H2,1-2H3. The molecule has 0 aliphatic carbocycles. The van der Waals surface area contributed by atoms with Gasteiger partial charge in [-0.05, 0) is 61.8 Å². The molecule has 0 fully saturated rings. The fourth-order valence-electron chi connectivity index (χ4n) is 2.54. The van der Waals surface area contributed by atoms with Gasteiger partial charge in [-0.3, -0.25) is 0 Å². The summed E-state index contributed by atoms with van der Waals surface area (Å²) in [5, 5.41) is 0. The second kappa shape index (κ2) is 9.39. The molecule has 2 aromatic carbocycles. The number of rotatable bonds is 9. The monoisotopic (exact) mass is 298 g/mol. The van der Waals surface area contributed by atoms with E-state index in [0.29, 0.717) is 13.2 Å². The maximum Gasteiger partial charge on any atom is 0.0825 e. The normalized spacial score (nSPS) is 10.8. The van der Waals surface area contributed by atoms with Crippen LogP contribution in [0.1, 0.15) is 35.1 Å². The van der Waals surface area contributed by atoms with Gasteiger partial charge in [0.15, 0.2) is 0 Å². The van der Waals surface area contributed by atoms with Gasteiger partial charge in [-0.15, -0.1) is 0 Å². The maximum absolute atomic E-state index is 5.26. The van der Waals surface area contributed by atoms with Gasteiger partial charge in [-0.25, -0.2) is 9.78 Å². The van der Waals surface area contributed by atoms with Gasteiger partial charge in [0.25, 0.3) is 0 Å². The Balaban J connectivity index is 1.51. The molecule has 0 unspecified atom stereocenters. The van der Waals surface area contributed by atoms with Crippen LogP contribution < -0.4 is 0 Å². The summed E-state index contributed by atoms with van der Waals surface area (Å²) >= 11 is 0. The second-order valence-corrected chi connectivity index (χ2v) is 5.70. The molecular formula is C20H26O2. The Bertz CT molecular complexity index is 512. The quantitative estimate of drug-likeness (QED) is 0.375. The third-order valence-electron chi connectivity index (χ3n) is 3.95. The van der Waals surface area contributed by atoms with Gasteiger partial charge in [-0.2, -0.15) is 0 Å². The van der Waals surface area contributed by atoms with E-state index < -0.39 is 0 Å². The lowest BCUT2D eigenvalue weighted by molar-refractivity contribution is -0.294. The van der Waals surface area contributed by atoms with Gasteiger partial charge in [0.05, 0.1) is 13.2 Å². The summed E-state index contributed by atoms with van der Waals surface area (Å²) < 4.78 is 0. The lowest BCUT2D eigenvalue weighted by Gasteiger charge is -2.07. The first-order chi connectivity index (χ1) is 10.8. The minimum Gasteiger partial charge on any atom is -0.237 e.